The number of likely N-dealkylation sites (N-methyl/N-ethyl adjacent to an activating group) is 1. The van der Waals surface area contributed by atoms with Gasteiger partial charge in [-0.15, -0.1) is 11.3 Å². The molecule has 1 fully saturated rings. The zero-order chi connectivity index (χ0) is 20.9. The number of carbonyl (C=O) groups is 1. The molecule has 0 saturated heterocycles. The van der Waals surface area contributed by atoms with Crippen molar-refractivity contribution in [3.63, 3.8) is 0 Å². The van der Waals surface area contributed by atoms with E-state index < -0.39 is 5.91 Å². The molecule has 30 heavy (non-hydrogen) atoms. The lowest BCUT2D eigenvalue weighted by Gasteiger charge is -2.32. The first-order chi connectivity index (χ1) is 14.6. The number of anilines is 3. The van der Waals surface area contributed by atoms with Crippen LogP contribution in [0.3, 0.4) is 0 Å². The van der Waals surface area contributed by atoms with Crippen molar-refractivity contribution < 1.29 is 4.79 Å². The van der Waals surface area contributed by atoms with Gasteiger partial charge < -0.3 is 21.7 Å². The summed E-state index contributed by atoms with van der Waals surface area (Å²) in [6.07, 6.45) is 9.82. The Labute approximate surface area is 179 Å². The quantitative estimate of drug-likeness (QED) is 0.460. The number of thiazole rings is 1. The van der Waals surface area contributed by atoms with E-state index in [1.807, 2.05) is 18.5 Å². The third-order valence-electron chi connectivity index (χ3n) is 5.31. The molecule has 1 aliphatic carbocycles. The van der Waals surface area contributed by atoms with Crippen molar-refractivity contribution in [1.82, 2.24) is 20.3 Å². The summed E-state index contributed by atoms with van der Waals surface area (Å²) >= 11 is 1.54. The lowest BCUT2D eigenvalue weighted by molar-refractivity contribution is 0.100. The number of nitrogens with zero attached hydrogens (tertiary/aromatic N) is 3. The highest BCUT2D eigenvalue weighted by atomic mass is 32.1. The average molecular weight is 424 g/mol. The van der Waals surface area contributed by atoms with Gasteiger partial charge >= 0.3 is 0 Å². The van der Waals surface area contributed by atoms with Crippen LogP contribution in [0.25, 0.3) is 10.6 Å². The van der Waals surface area contributed by atoms with Crippen LogP contribution in [0.15, 0.2) is 42.2 Å². The number of nitrogens with two attached hydrogens (primary N) is 1. The molecule has 0 spiro atoms. The van der Waals surface area contributed by atoms with Gasteiger partial charge in [0.2, 0.25) is 0 Å². The summed E-state index contributed by atoms with van der Waals surface area (Å²) < 4.78 is 0. The second-order valence-corrected chi connectivity index (χ2v) is 8.21. The minimum Gasteiger partial charge on any atom is -0.366 e. The fraction of sp³-hybridized carbons (Fsp3) is 0.333. The molecule has 0 radical (unpaired) electrons. The largest absolute Gasteiger partial charge is 0.366 e. The Morgan fingerprint density at radius 2 is 2.03 bits per heavy atom. The molecule has 1 amide bonds. The number of carbonyl (C=O) groups excluding carboxylic acids is 1. The van der Waals surface area contributed by atoms with E-state index in [1.54, 1.807) is 30.7 Å². The first-order valence-corrected chi connectivity index (χ1v) is 10.9. The predicted molar refractivity (Wildman–Crippen MR) is 120 cm³/mol. The van der Waals surface area contributed by atoms with Crippen molar-refractivity contribution in [2.24, 2.45) is 5.73 Å². The first-order valence-electron chi connectivity index (χ1n) is 10.0. The molecule has 3 heterocycles. The second-order valence-electron chi connectivity index (χ2n) is 7.31. The van der Waals surface area contributed by atoms with Crippen LogP contribution in [-0.2, 0) is 0 Å². The van der Waals surface area contributed by atoms with Crippen molar-refractivity contribution >= 4 is 34.6 Å². The van der Waals surface area contributed by atoms with Gasteiger partial charge in [-0.2, -0.15) is 0 Å². The molecule has 0 aromatic carbocycles. The molecule has 2 atom stereocenters. The zero-order valence-electron chi connectivity index (χ0n) is 16.8. The van der Waals surface area contributed by atoms with Crippen LogP contribution < -0.4 is 21.7 Å². The molecule has 1 unspecified atom stereocenters. The van der Waals surface area contributed by atoms with Gasteiger partial charge in [0.1, 0.15) is 16.6 Å². The molecule has 3 aromatic rings. The van der Waals surface area contributed by atoms with Crippen molar-refractivity contribution in [3.05, 3.63) is 47.7 Å². The Hall–Kier alpha value is -3.04. The van der Waals surface area contributed by atoms with Gasteiger partial charge in [-0.1, -0.05) is 12.8 Å². The summed E-state index contributed by atoms with van der Waals surface area (Å²) in [6.45, 7) is 0. The number of nitrogens with one attached hydrogen (secondary N) is 3. The molecule has 3 aromatic heterocycles. The van der Waals surface area contributed by atoms with E-state index in [-0.39, 0.29) is 0 Å². The normalized spacial score (nSPS) is 18.7. The Balaban J connectivity index is 1.59. The highest BCUT2D eigenvalue weighted by Gasteiger charge is 2.24. The van der Waals surface area contributed by atoms with Crippen LogP contribution >= 0.6 is 11.3 Å². The van der Waals surface area contributed by atoms with Crippen molar-refractivity contribution in [2.45, 2.75) is 37.8 Å². The van der Waals surface area contributed by atoms with Gasteiger partial charge in [0.05, 0.1) is 17.4 Å². The van der Waals surface area contributed by atoms with Crippen LogP contribution in [0.1, 0.15) is 36.0 Å². The second kappa shape index (κ2) is 9.19. The monoisotopic (exact) mass is 423 g/mol. The van der Waals surface area contributed by atoms with Crippen LogP contribution in [0, 0.1) is 0 Å². The summed E-state index contributed by atoms with van der Waals surface area (Å²) in [7, 11) is 1.99. The van der Waals surface area contributed by atoms with Crippen LogP contribution in [0.4, 0.5) is 17.3 Å². The van der Waals surface area contributed by atoms with E-state index in [4.69, 9.17) is 5.73 Å². The van der Waals surface area contributed by atoms with E-state index in [1.165, 1.54) is 24.2 Å². The van der Waals surface area contributed by atoms with E-state index in [2.05, 4.69) is 30.9 Å². The summed E-state index contributed by atoms with van der Waals surface area (Å²) in [4.78, 5) is 25.2. The standard InChI is InChI=1S/C21H25N7OS/c1-23-16-4-2-3-5-17(16)27-18-7-6-15(19(22)29)20(28-18)26-14-10-13(11-24-12-14)21-25-8-9-30-21/h6-12,16-17,23H,2-5H2,1H3,(H2,22,29)(H2,26,27,28)/t16?,17-/m1/s1. The number of amides is 1. The van der Waals surface area contributed by atoms with Crippen molar-refractivity contribution in [2.75, 3.05) is 17.7 Å². The minimum absolute atomic E-state index is 0.290. The Morgan fingerprint density at radius 3 is 2.77 bits per heavy atom. The van der Waals surface area contributed by atoms with E-state index in [0.29, 0.717) is 35.0 Å². The molecule has 0 aliphatic heterocycles. The number of rotatable bonds is 7. The minimum atomic E-state index is -0.536. The Bertz CT molecular complexity index is 1010. The summed E-state index contributed by atoms with van der Waals surface area (Å²) in [5.41, 5.74) is 7.51. The molecule has 156 valence electrons. The molecule has 1 aliphatic rings. The van der Waals surface area contributed by atoms with E-state index in [9.17, 15) is 4.79 Å². The van der Waals surface area contributed by atoms with Crippen LogP contribution in [0.5, 0.6) is 0 Å². The van der Waals surface area contributed by atoms with Gasteiger partial charge in [-0.25, -0.2) is 9.97 Å². The van der Waals surface area contributed by atoms with Gasteiger partial charge in [-0.05, 0) is 38.1 Å². The smallest absolute Gasteiger partial charge is 0.252 e. The average Bonchev–Trinajstić information content (AvgIpc) is 3.29. The Morgan fingerprint density at radius 1 is 1.20 bits per heavy atom. The highest BCUT2D eigenvalue weighted by molar-refractivity contribution is 7.13. The number of primary amides is 1. The Kier molecular flexibility index (Phi) is 6.20. The van der Waals surface area contributed by atoms with Gasteiger partial charge in [0, 0.05) is 35.4 Å². The maximum absolute atomic E-state index is 12.0. The maximum Gasteiger partial charge on any atom is 0.252 e. The maximum atomic E-state index is 12.0. The SMILES string of the molecule is CNC1CCCC[C@H]1Nc1ccc(C(N)=O)c(Nc2cncc(-c3nccs3)c2)n1. The lowest BCUT2D eigenvalue weighted by atomic mass is 9.90. The highest BCUT2D eigenvalue weighted by Crippen LogP contribution is 2.27. The van der Waals surface area contributed by atoms with Crippen molar-refractivity contribution in [3.8, 4) is 10.6 Å². The molecular formula is C21H25N7OS. The molecular weight excluding hydrogens is 398 g/mol. The van der Waals surface area contributed by atoms with Gasteiger partial charge in [0.15, 0.2) is 0 Å². The van der Waals surface area contributed by atoms with Crippen LogP contribution in [-0.4, -0.2) is 40.0 Å². The topological polar surface area (TPSA) is 118 Å². The molecule has 8 nitrogen and oxygen atoms in total. The molecule has 4 rings (SSSR count). The van der Waals surface area contributed by atoms with E-state index in [0.717, 1.165) is 23.4 Å². The van der Waals surface area contributed by atoms with Crippen molar-refractivity contribution in [1.29, 1.82) is 0 Å². The fourth-order valence-corrected chi connectivity index (χ4v) is 4.42. The van der Waals surface area contributed by atoms with Gasteiger partial charge in [0.25, 0.3) is 5.91 Å². The predicted octanol–water partition coefficient (Wildman–Crippen LogP) is 3.39. The third kappa shape index (κ3) is 4.58. The number of hydrogen-bond acceptors (Lipinski definition) is 8. The zero-order valence-corrected chi connectivity index (χ0v) is 17.6. The number of aromatic nitrogens is 3. The summed E-state index contributed by atoms with van der Waals surface area (Å²) in [5, 5.41) is 12.9. The summed E-state index contributed by atoms with van der Waals surface area (Å²) in [5.74, 6) is 0.576. The first kappa shape index (κ1) is 20.2. The molecule has 1 saturated carbocycles. The fourth-order valence-electron chi connectivity index (χ4n) is 3.80. The van der Waals surface area contributed by atoms with E-state index >= 15 is 0 Å². The number of pyridine rings is 2. The number of hydrogen-bond donors (Lipinski definition) is 4. The molecule has 0 bridgehead atoms. The summed E-state index contributed by atoms with van der Waals surface area (Å²) in [6, 6.07) is 6.12. The molecule has 5 N–H and O–H groups in total. The van der Waals surface area contributed by atoms with Crippen LogP contribution in [0.2, 0.25) is 0 Å². The lowest BCUT2D eigenvalue weighted by Crippen LogP contribution is -2.44. The molecule has 9 heteroatoms. The van der Waals surface area contributed by atoms with Gasteiger partial charge in [-0.3, -0.25) is 9.78 Å². The third-order valence-corrected chi connectivity index (χ3v) is 6.13.